The lowest BCUT2D eigenvalue weighted by Crippen LogP contribution is -2.33. The molecule has 0 saturated heterocycles. The van der Waals surface area contributed by atoms with E-state index in [1.807, 2.05) is 31.2 Å². The second-order valence-electron chi connectivity index (χ2n) is 4.07. The Morgan fingerprint density at radius 3 is 2.37 bits per heavy atom. The van der Waals surface area contributed by atoms with E-state index >= 15 is 0 Å². The van der Waals surface area contributed by atoms with Crippen molar-refractivity contribution in [1.29, 1.82) is 10.5 Å². The number of nitriles is 2. The van der Waals surface area contributed by atoms with Crippen LogP contribution in [0.15, 0.2) is 22.7 Å². The SMILES string of the molecule is Cc1ccc(Br)cc1C(=O)N(CCC#N)CCC#N. The Hall–Kier alpha value is -1.85. The van der Waals surface area contributed by atoms with Crippen molar-refractivity contribution in [2.45, 2.75) is 19.8 Å². The van der Waals surface area contributed by atoms with Crippen LogP contribution in [0.1, 0.15) is 28.8 Å². The van der Waals surface area contributed by atoms with Crippen molar-refractivity contribution >= 4 is 21.8 Å². The van der Waals surface area contributed by atoms with E-state index in [1.165, 1.54) is 0 Å². The third-order valence-electron chi connectivity index (χ3n) is 2.70. The van der Waals surface area contributed by atoms with Crippen LogP contribution in [0, 0.1) is 29.6 Å². The Kier molecular flexibility index (Phi) is 6.05. The standard InChI is InChI=1S/C14H14BrN3O/c1-11-4-5-12(15)10-13(11)14(19)18(8-2-6-16)9-3-7-17/h4-5,10H,2-3,8-9H2,1H3. The summed E-state index contributed by atoms with van der Waals surface area (Å²) in [5.41, 5.74) is 1.48. The zero-order valence-corrected chi connectivity index (χ0v) is 12.3. The molecule has 5 heteroatoms. The summed E-state index contributed by atoms with van der Waals surface area (Å²) in [6.07, 6.45) is 0.536. The highest BCUT2D eigenvalue weighted by atomic mass is 79.9. The molecular formula is C14H14BrN3O. The summed E-state index contributed by atoms with van der Waals surface area (Å²) >= 11 is 3.34. The number of amides is 1. The third kappa shape index (κ3) is 4.39. The van der Waals surface area contributed by atoms with Crippen LogP contribution in [-0.2, 0) is 0 Å². The molecule has 0 spiro atoms. The molecule has 1 amide bonds. The highest BCUT2D eigenvalue weighted by molar-refractivity contribution is 9.10. The van der Waals surface area contributed by atoms with Crippen LogP contribution >= 0.6 is 15.9 Å². The van der Waals surface area contributed by atoms with Gasteiger partial charge in [-0.2, -0.15) is 10.5 Å². The highest BCUT2D eigenvalue weighted by Crippen LogP contribution is 2.18. The molecule has 4 nitrogen and oxygen atoms in total. The van der Waals surface area contributed by atoms with E-state index in [-0.39, 0.29) is 18.7 Å². The Morgan fingerprint density at radius 1 is 1.26 bits per heavy atom. The molecule has 0 aliphatic heterocycles. The summed E-state index contributed by atoms with van der Waals surface area (Å²) in [5.74, 6) is -0.135. The average Bonchev–Trinajstić information content (AvgIpc) is 2.41. The minimum Gasteiger partial charge on any atom is -0.337 e. The van der Waals surface area contributed by atoms with Gasteiger partial charge in [0, 0.05) is 23.1 Å². The molecule has 0 fully saturated rings. The van der Waals surface area contributed by atoms with Crippen molar-refractivity contribution in [2.75, 3.05) is 13.1 Å². The van der Waals surface area contributed by atoms with Gasteiger partial charge in [-0.05, 0) is 24.6 Å². The van der Waals surface area contributed by atoms with Gasteiger partial charge >= 0.3 is 0 Å². The number of benzene rings is 1. The molecule has 19 heavy (non-hydrogen) atoms. The summed E-state index contributed by atoms with van der Waals surface area (Å²) in [7, 11) is 0. The maximum atomic E-state index is 12.4. The van der Waals surface area contributed by atoms with E-state index in [9.17, 15) is 4.79 Å². The van der Waals surface area contributed by atoms with Gasteiger partial charge in [-0.25, -0.2) is 0 Å². The maximum Gasteiger partial charge on any atom is 0.254 e. The van der Waals surface area contributed by atoms with Gasteiger partial charge in [0.1, 0.15) is 0 Å². The molecule has 1 aromatic rings. The predicted molar refractivity (Wildman–Crippen MR) is 75.2 cm³/mol. The number of hydrogen-bond acceptors (Lipinski definition) is 3. The van der Waals surface area contributed by atoms with Gasteiger partial charge in [0.25, 0.3) is 5.91 Å². The number of hydrogen-bond donors (Lipinski definition) is 0. The van der Waals surface area contributed by atoms with Gasteiger partial charge in [0.2, 0.25) is 0 Å². The first-order chi connectivity index (χ1) is 9.10. The van der Waals surface area contributed by atoms with Crippen molar-refractivity contribution in [2.24, 2.45) is 0 Å². The summed E-state index contributed by atoms with van der Waals surface area (Å²) in [6, 6.07) is 9.55. The lowest BCUT2D eigenvalue weighted by Gasteiger charge is -2.21. The van der Waals surface area contributed by atoms with Crippen molar-refractivity contribution in [1.82, 2.24) is 4.90 Å². The van der Waals surface area contributed by atoms with Crippen LogP contribution in [0.25, 0.3) is 0 Å². The van der Waals surface area contributed by atoms with Crippen LogP contribution in [-0.4, -0.2) is 23.9 Å². The summed E-state index contributed by atoms with van der Waals surface area (Å²) in [5, 5.41) is 17.3. The minimum atomic E-state index is -0.135. The fourth-order valence-electron chi connectivity index (χ4n) is 1.68. The van der Waals surface area contributed by atoms with E-state index < -0.39 is 0 Å². The first kappa shape index (κ1) is 15.2. The van der Waals surface area contributed by atoms with Gasteiger partial charge in [0.05, 0.1) is 25.0 Å². The first-order valence-electron chi connectivity index (χ1n) is 5.89. The molecule has 0 N–H and O–H groups in total. The van der Waals surface area contributed by atoms with Crippen molar-refractivity contribution in [3.8, 4) is 12.1 Å². The molecule has 0 radical (unpaired) electrons. The lowest BCUT2D eigenvalue weighted by molar-refractivity contribution is 0.0761. The predicted octanol–water partition coefficient (Wildman–Crippen LogP) is 3.03. The Labute approximate surface area is 121 Å². The van der Waals surface area contributed by atoms with Crippen LogP contribution in [0.2, 0.25) is 0 Å². The zero-order valence-electron chi connectivity index (χ0n) is 10.7. The number of nitrogens with zero attached hydrogens (tertiary/aromatic N) is 3. The van der Waals surface area contributed by atoms with E-state index in [2.05, 4.69) is 15.9 Å². The molecule has 0 aromatic heterocycles. The fraction of sp³-hybridized carbons (Fsp3) is 0.357. The lowest BCUT2D eigenvalue weighted by atomic mass is 10.1. The van der Waals surface area contributed by atoms with Crippen LogP contribution in [0.4, 0.5) is 0 Å². The molecule has 0 aliphatic carbocycles. The molecule has 0 aliphatic rings. The highest BCUT2D eigenvalue weighted by Gasteiger charge is 2.17. The van der Waals surface area contributed by atoms with Crippen LogP contribution < -0.4 is 0 Å². The Balaban J connectivity index is 2.94. The number of halogens is 1. The number of rotatable bonds is 5. The van der Waals surface area contributed by atoms with Gasteiger partial charge in [0.15, 0.2) is 0 Å². The molecule has 0 atom stereocenters. The molecule has 0 bridgehead atoms. The summed E-state index contributed by atoms with van der Waals surface area (Å²) in [6.45, 7) is 2.57. The Morgan fingerprint density at radius 2 is 1.84 bits per heavy atom. The molecule has 1 aromatic carbocycles. The van der Waals surface area contributed by atoms with Gasteiger partial charge in [-0.3, -0.25) is 4.79 Å². The van der Waals surface area contributed by atoms with Crippen molar-refractivity contribution in [3.05, 3.63) is 33.8 Å². The van der Waals surface area contributed by atoms with Gasteiger partial charge < -0.3 is 4.90 Å². The third-order valence-corrected chi connectivity index (χ3v) is 3.20. The zero-order chi connectivity index (χ0) is 14.3. The average molecular weight is 320 g/mol. The van der Waals surface area contributed by atoms with Gasteiger partial charge in [-0.1, -0.05) is 22.0 Å². The van der Waals surface area contributed by atoms with Gasteiger partial charge in [-0.15, -0.1) is 0 Å². The molecule has 0 unspecified atom stereocenters. The smallest absolute Gasteiger partial charge is 0.254 e. The maximum absolute atomic E-state index is 12.4. The van der Waals surface area contributed by atoms with Crippen molar-refractivity contribution in [3.63, 3.8) is 0 Å². The number of aryl methyl sites for hydroxylation is 1. The van der Waals surface area contributed by atoms with Crippen molar-refractivity contribution < 1.29 is 4.79 Å². The minimum absolute atomic E-state index is 0.135. The van der Waals surface area contributed by atoms with Crippen LogP contribution in [0.3, 0.4) is 0 Å². The van der Waals surface area contributed by atoms with E-state index in [0.717, 1.165) is 10.0 Å². The number of carbonyl (C=O) groups excluding carboxylic acids is 1. The number of carbonyl (C=O) groups is 1. The summed E-state index contributed by atoms with van der Waals surface area (Å²) in [4.78, 5) is 14.0. The second-order valence-corrected chi connectivity index (χ2v) is 4.98. The quantitative estimate of drug-likeness (QED) is 0.837. The molecule has 1 rings (SSSR count). The topological polar surface area (TPSA) is 67.9 Å². The largest absolute Gasteiger partial charge is 0.337 e. The van der Waals surface area contributed by atoms with E-state index in [4.69, 9.17) is 10.5 Å². The first-order valence-corrected chi connectivity index (χ1v) is 6.68. The molecular weight excluding hydrogens is 306 g/mol. The molecule has 0 saturated carbocycles. The van der Waals surface area contributed by atoms with E-state index in [1.54, 1.807) is 11.0 Å². The molecule has 98 valence electrons. The van der Waals surface area contributed by atoms with E-state index in [0.29, 0.717) is 18.7 Å². The normalized spacial score (nSPS) is 9.47. The van der Waals surface area contributed by atoms with Crippen LogP contribution in [0.5, 0.6) is 0 Å². The molecule has 0 heterocycles. The Bertz CT molecular complexity index is 525. The fourth-order valence-corrected chi connectivity index (χ4v) is 2.04. The second kappa shape index (κ2) is 7.56. The monoisotopic (exact) mass is 319 g/mol. The summed E-state index contributed by atoms with van der Waals surface area (Å²) < 4.78 is 0.835.